The van der Waals surface area contributed by atoms with Crippen LogP contribution in [0.15, 0.2) is 42.5 Å². The molecule has 3 amide bonds. The van der Waals surface area contributed by atoms with Crippen LogP contribution in [0, 0.1) is 12.7 Å². The van der Waals surface area contributed by atoms with Gasteiger partial charge in [0, 0.05) is 69.3 Å². The molecule has 2 N–H and O–H groups in total. The molecule has 2 aliphatic rings. The Morgan fingerprint density at radius 1 is 0.971 bits per heavy atom. The highest BCUT2D eigenvalue weighted by atomic mass is 19.1. The summed E-state index contributed by atoms with van der Waals surface area (Å²) in [7, 11) is 0. The second-order valence-electron chi connectivity index (χ2n) is 8.67. The summed E-state index contributed by atoms with van der Waals surface area (Å²) in [5.74, 6) is -1.59. The van der Waals surface area contributed by atoms with E-state index >= 15 is 0 Å². The molecule has 0 aromatic heterocycles. The molecule has 34 heavy (non-hydrogen) atoms. The fourth-order valence-corrected chi connectivity index (χ4v) is 4.36. The topological polar surface area (TPSA) is 85.0 Å². The monoisotopic (exact) mass is 467 g/mol. The first-order chi connectivity index (χ1) is 16.4. The van der Waals surface area contributed by atoms with Gasteiger partial charge in [0.2, 0.25) is 5.91 Å². The normalized spacial score (nSPS) is 16.6. The molecule has 0 aliphatic carbocycles. The molecule has 0 atom stereocenters. The standard InChI is InChI=1S/C25H30FN5O3/c1-18-4-7-20(17-22(18)31-11-2-3-23(31)32)28-25(34)24(33)27-10-12-29-13-15-30(16-14-29)21-8-5-19(26)6-9-21/h4-9,17H,2-3,10-16H2,1H3,(H,27,33)(H,28,34). The molecule has 0 unspecified atom stereocenters. The molecule has 2 aliphatic heterocycles. The van der Waals surface area contributed by atoms with Gasteiger partial charge in [-0.2, -0.15) is 0 Å². The van der Waals surface area contributed by atoms with Crippen molar-refractivity contribution in [2.24, 2.45) is 0 Å². The number of aryl methyl sites for hydroxylation is 1. The quantitative estimate of drug-likeness (QED) is 0.636. The number of hydrogen-bond donors (Lipinski definition) is 2. The maximum absolute atomic E-state index is 13.1. The van der Waals surface area contributed by atoms with E-state index in [4.69, 9.17) is 0 Å². The van der Waals surface area contributed by atoms with E-state index in [2.05, 4.69) is 20.4 Å². The predicted molar refractivity (Wildman–Crippen MR) is 129 cm³/mol. The number of carbonyl (C=O) groups excluding carboxylic acids is 3. The van der Waals surface area contributed by atoms with Gasteiger partial charge in [-0.3, -0.25) is 19.3 Å². The zero-order valence-corrected chi connectivity index (χ0v) is 19.3. The molecule has 0 saturated carbocycles. The molecule has 0 spiro atoms. The van der Waals surface area contributed by atoms with Gasteiger partial charge in [0.05, 0.1) is 0 Å². The zero-order valence-electron chi connectivity index (χ0n) is 19.3. The number of hydrogen-bond acceptors (Lipinski definition) is 5. The molecule has 4 rings (SSSR count). The number of carbonyl (C=O) groups is 3. The summed E-state index contributed by atoms with van der Waals surface area (Å²) in [5.41, 5.74) is 3.19. The molecule has 2 fully saturated rings. The second kappa shape index (κ2) is 10.6. The van der Waals surface area contributed by atoms with Gasteiger partial charge in [0.1, 0.15) is 5.82 Å². The van der Waals surface area contributed by atoms with Gasteiger partial charge in [-0.15, -0.1) is 0 Å². The van der Waals surface area contributed by atoms with Gasteiger partial charge in [0.15, 0.2) is 0 Å². The van der Waals surface area contributed by atoms with Crippen molar-refractivity contribution in [1.82, 2.24) is 10.2 Å². The number of piperazine rings is 1. The third-order valence-electron chi connectivity index (χ3n) is 6.32. The van der Waals surface area contributed by atoms with Crippen LogP contribution in [0.25, 0.3) is 0 Å². The van der Waals surface area contributed by atoms with Crippen LogP contribution in [0.4, 0.5) is 21.5 Å². The average Bonchev–Trinajstić information content (AvgIpc) is 3.26. The van der Waals surface area contributed by atoms with Crippen LogP contribution in [0.2, 0.25) is 0 Å². The number of nitrogens with zero attached hydrogens (tertiary/aromatic N) is 3. The summed E-state index contributed by atoms with van der Waals surface area (Å²) < 4.78 is 13.1. The lowest BCUT2D eigenvalue weighted by Crippen LogP contribution is -2.49. The van der Waals surface area contributed by atoms with Crippen molar-refractivity contribution in [1.29, 1.82) is 0 Å². The number of rotatable bonds is 6. The first kappa shape index (κ1) is 23.7. The second-order valence-corrected chi connectivity index (χ2v) is 8.67. The lowest BCUT2D eigenvalue weighted by atomic mass is 10.1. The zero-order chi connectivity index (χ0) is 24.1. The van der Waals surface area contributed by atoms with Crippen LogP contribution >= 0.6 is 0 Å². The molecule has 9 heteroatoms. The van der Waals surface area contributed by atoms with Gasteiger partial charge in [-0.05, 0) is 55.3 Å². The molecule has 8 nitrogen and oxygen atoms in total. The summed E-state index contributed by atoms with van der Waals surface area (Å²) >= 11 is 0. The van der Waals surface area contributed by atoms with E-state index in [0.717, 1.165) is 49.5 Å². The number of amides is 3. The Morgan fingerprint density at radius 3 is 2.38 bits per heavy atom. The number of anilines is 3. The Balaban J connectivity index is 1.21. The van der Waals surface area contributed by atoms with Crippen molar-refractivity contribution < 1.29 is 18.8 Å². The van der Waals surface area contributed by atoms with Crippen molar-refractivity contribution in [2.45, 2.75) is 19.8 Å². The Labute approximate surface area is 198 Å². The summed E-state index contributed by atoms with van der Waals surface area (Å²) in [5, 5.41) is 5.30. The van der Waals surface area contributed by atoms with E-state index in [1.54, 1.807) is 29.2 Å². The maximum Gasteiger partial charge on any atom is 0.313 e. The lowest BCUT2D eigenvalue weighted by molar-refractivity contribution is -0.136. The highest BCUT2D eigenvalue weighted by molar-refractivity contribution is 6.39. The van der Waals surface area contributed by atoms with Crippen LogP contribution < -0.4 is 20.4 Å². The van der Waals surface area contributed by atoms with Crippen LogP contribution in [0.3, 0.4) is 0 Å². The number of halogens is 1. The minimum Gasteiger partial charge on any atom is -0.369 e. The fraction of sp³-hybridized carbons (Fsp3) is 0.400. The van der Waals surface area contributed by atoms with Gasteiger partial charge in [0.25, 0.3) is 0 Å². The summed E-state index contributed by atoms with van der Waals surface area (Å²) in [6.07, 6.45) is 1.35. The molecular formula is C25H30FN5O3. The van der Waals surface area contributed by atoms with Gasteiger partial charge in [-0.25, -0.2) is 4.39 Å². The van der Waals surface area contributed by atoms with Crippen LogP contribution in [-0.4, -0.2) is 68.4 Å². The highest BCUT2D eigenvalue weighted by Crippen LogP contribution is 2.28. The molecule has 2 heterocycles. The van der Waals surface area contributed by atoms with Crippen molar-refractivity contribution >= 4 is 34.8 Å². The van der Waals surface area contributed by atoms with Crippen molar-refractivity contribution in [3.63, 3.8) is 0 Å². The molecule has 0 radical (unpaired) electrons. The third-order valence-corrected chi connectivity index (χ3v) is 6.32. The Hall–Kier alpha value is -3.46. The number of benzene rings is 2. The van der Waals surface area contributed by atoms with Crippen LogP contribution in [0.1, 0.15) is 18.4 Å². The van der Waals surface area contributed by atoms with Crippen LogP contribution in [-0.2, 0) is 14.4 Å². The summed E-state index contributed by atoms with van der Waals surface area (Å²) in [6, 6.07) is 11.8. The van der Waals surface area contributed by atoms with E-state index in [1.165, 1.54) is 12.1 Å². The molecule has 0 bridgehead atoms. The van der Waals surface area contributed by atoms with E-state index in [1.807, 2.05) is 13.0 Å². The van der Waals surface area contributed by atoms with E-state index in [-0.39, 0.29) is 11.7 Å². The Morgan fingerprint density at radius 2 is 1.71 bits per heavy atom. The molecule has 180 valence electrons. The van der Waals surface area contributed by atoms with E-state index < -0.39 is 11.8 Å². The van der Waals surface area contributed by atoms with E-state index in [0.29, 0.717) is 31.7 Å². The largest absolute Gasteiger partial charge is 0.369 e. The van der Waals surface area contributed by atoms with Crippen molar-refractivity contribution in [3.8, 4) is 0 Å². The molecule has 2 saturated heterocycles. The smallest absolute Gasteiger partial charge is 0.313 e. The van der Waals surface area contributed by atoms with Crippen molar-refractivity contribution in [3.05, 3.63) is 53.8 Å². The summed E-state index contributed by atoms with van der Waals surface area (Å²) in [6.45, 7) is 6.85. The lowest BCUT2D eigenvalue weighted by Gasteiger charge is -2.36. The molecule has 2 aromatic rings. The number of nitrogens with one attached hydrogen (secondary N) is 2. The molecular weight excluding hydrogens is 437 g/mol. The SMILES string of the molecule is Cc1ccc(NC(=O)C(=O)NCCN2CCN(c3ccc(F)cc3)CC2)cc1N1CCCC1=O. The molecule has 2 aromatic carbocycles. The Bertz CT molecular complexity index is 1050. The first-order valence-electron chi connectivity index (χ1n) is 11.6. The van der Waals surface area contributed by atoms with Gasteiger partial charge < -0.3 is 20.4 Å². The van der Waals surface area contributed by atoms with Crippen LogP contribution in [0.5, 0.6) is 0 Å². The minimum atomic E-state index is -0.733. The maximum atomic E-state index is 13.1. The fourth-order valence-electron chi connectivity index (χ4n) is 4.36. The third kappa shape index (κ3) is 5.72. The summed E-state index contributed by atoms with van der Waals surface area (Å²) in [4.78, 5) is 42.8. The van der Waals surface area contributed by atoms with Crippen molar-refractivity contribution in [2.75, 3.05) is 60.9 Å². The van der Waals surface area contributed by atoms with Gasteiger partial charge >= 0.3 is 11.8 Å². The highest BCUT2D eigenvalue weighted by Gasteiger charge is 2.24. The first-order valence-corrected chi connectivity index (χ1v) is 11.6. The minimum absolute atomic E-state index is 0.0721. The van der Waals surface area contributed by atoms with E-state index in [9.17, 15) is 18.8 Å². The Kier molecular flexibility index (Phi) is 7.42. The average molecular weight is 468 g/mol. The van der Waals surface area contributed by atoms with Gasteiger partial charge in [-0.1, -0.05) is 6.07 Å². The predicted octanol–water partition coefficient (Wildman–Crippen LogP) is 2.14.